The van der Waals surface area contributed by atoms with Crippen molar-refractivity contribution in [1.29, 1.82) is 0 Å². The molecule has 2 aromatic rings. The van der Waals surface area contributed by atoms with Gasteiger partial charge in [-0.05, 0) is 35.2 Å². The van der Waals surface area contributed by atoms with Gasteiger partial charge in [0, 0.05) is 24.2 Å². The summed E-state index contributed by atoms with van der Waals surface area (Å²) < 4.78 is 0. The van der Waals surface area contributed by atoms with Crippen LogP contribution in [-0.4, -0.2) is 10.8 Å². The predicted molar refractivity (Wildman–Crippen MR) is 70.5 cm³/mol. The van der Waals surface area contributed by atoms with Gasteiger partial charge in [-0.3, -0.25) is 9.78 Å². The van der Waals surface area contributed by atoms with E-state index in [4.69, 9.17) is 0 Å². The summed E-state index contributed by atoms with van der Waals surface area (Å²) in [5.41, 5.74) is 3.58. The summed E-state index contributed by atoms with van der Waals surface area (Å²) in [5, 5.41) is 0. The molecule has 0 radical (unpaired) electrons. The van der Waals surface area contributed by atoms with E-state index in [1.54, 1.807) is 12.4 Å². The van der Waals surface area contributed by atoms with Gasteiger partial charge in [0.15, 0.2) is 0 Å². The summed E-state index contributed by atoms with van der Waals surface area (Å²) in [6.45, 7) is 1.98. The summed E-state index contributed by atoms with van der Waals surface area (Å²) in [6, 6.07) is 12.1. The summed E-state index contributed by atoms with van der Waals surface area (Å²) in [5.74, 6) is 0.357. The summed E-state index contributed by atoms with van der Waals surface area (Å²) in [7, 11) is 0. The van der Waals surface area contributed by atoms with Crippen molar-refractivity contribution >= 4 is 5.78 Å². The van der Waals surface area contributed by atoms with Gasteiger partial charge in [0.2, 0.25) is 0 Å². The maximum Gasteiger partial charge on any atom is 0.147 e. The van der Waals surface area contributed by atoms with E-state index in [-0.39, 0.29) is 11.8 Å². The Morgan fingerprint density at radius 2 is 1.94 bits per heavy atom. The van der Waals surface area contributed by atoms with Gasteiger partial charge >= 0.3 is 0 Å². The molecule has 1 aromatic carbocycles. The highest BCUT2D eigenvalue weighted by Gasteiger charge is 2.34. The van der Waals surface area contributed by atoms with Crippen LogP contribution < -0.4 is 0 Å². The maximum atomic E-state index is 12.5. The fourth-order valence-corrected chi connectivity index (χ4v) is 2.63. The Hall–Kier alpha value is -1.96. The first-order chi connectivity index (χ1) is 8.77. The monoisotopic (exact) mass is 237 g/mol. The first-order valence-corrected chi connectivity index (χ1v) is 6.29. The number of aromatic nitrogens is 1. The molecule has 0 spiro atoms. The number of benzene rings is 1. The van der Waals surface area contributed by atoms with Gasteiger partial charge < -0.3 is 0 Å². The SMILES string of the molecule is CC(C(=O)C1Cc2ccccc21)c1ccncc1. The molecule has 2 nitrogen and oxygen atoms in total. The number of hydrogen-bond donors (Lipinski definition) is 0. The third kappa shape index (κ3) is 1.74. The number of ketones is 1. The average molecular weight is 237 g/mol. The van der Waals surface area contributed by atoms with Gasteiger partial charge in [0.1, 0.15) is 5.78 Å². The van der Waals surface area contributed by atoms with Crippen molar-refractivity contribution in [2.45, 2.75) is 25.2 Å². The van der Waals surface area contributed by atoms with Crippen LogP contribution in [0.1, 0.15) is 35.4 Å². The van der Waals surface area contributed by atoms with Gasteiger partial charge in [0.25, 0.3) is 0 Å². The molecule has 2 unspecified atom stereocenters. The van der Waals surface area contributed by atoms with Crippen molar-refractivity contribution in [2.75, 3.05) is 0 Å². The average Bonchev–Trinajstić information content (AvgIpc) is 2.40. The second-order valence-corrected chi connectivity index (χ2v) is 4.86. The third-order valence-electron chi connectivity index (χ3n) is 3.83. The molecule has 0 amide bonds. The van der Waals surface area contributed by atoms with E-state index in [1.165, 1.54) is 11.1 Å². The normalized spacial score (nSPS) is 18.6. The molecule has 2 atom stereocenters. The summed E-state index contributed by atoms with van der Waals surface area (Å²) in [4.78, 5) is 16.5. The smallest absolute Gasteiger partial charge is 0.147 e. The summed E-state index contributed by atoms with van der Waals surface area (Å²) in [6.07, 6.45) is 4.38. The fraction of sp³-hybridized carbons (Fsp3) is 0.250. The van der Waals surface area contributed by atoms with E-state index in [0.717, 1.165) is 12.0 Å². The lowest BCUT2D eigenvalue weighted by molar-refractivity contribution is -0.122. The molecular formula is C16H15NO. The van der Waals surface area contributed by atoms with E-state index < -0.39 is 0 Å². The Kier molecular flexibility index (Phi) is 2.71. The fourth-order valence-electron chi connectivity index (χ4n) is 2.63. The predicted octanol–water partition coefficient (Wildman–Crippen LogP) is 3.09. The largest absolute Gasteiger partial charge is 0.298 e. The molecule has 0 aliphatic heterocycles. The van der Waals surface area contributed by atoms with Crippen LogP contribution >= 0.6 is 0 Å². The van der Waals surface area contributed by atoms with Crippen LogP contribution in [0, 0.1) is 0 Å². The van der Waals surface area contributed by atoms with Crippen molar-refractivity contribution < 1.29 is 4.79 Å². The van der Waals surface area contributed by atoms with Crippen LogP contribution in [0.3, 0.4) is 0 Å². The lowest BCUT2D eigenvalue weighted by atomic mass is 9.72. The topological polar surface area (TPSA) is 30.0 Å². The number of Topliss-reactive ketones (excluding diaryl/α,β-unsaturated/α-hetero) is 1. The Morgan fingerprint density at radius 1 is 1.22 bits per heavy atom. The molecule has 1 heterocycles. The van der Waals surface area contributed by atoms with Crippen LogP contribution in [0.4, 0.5) is 0 Å². The molecule has 3 rings (SSSR count). The first kappa shape index (κ1) is 11.1. The minimum atomic E-state index is -0.0497. The van der Waals surface area contributed by atoms with E-state index in [2.05, 4.69) is 17.1 Å². The van der Waals surface area contributed by atoms with Gasteiger partial charge in [-0.25, -0.2) is 0 Å². The van der Waals surface area contributed by atoms with Crippen molar-refractivity contribution in [3.05, 3.63) is 65.5 Å². The van der Waals surface area contributed by atoms with Gasteiger partial charge in [-0.1, -0.05) is 31.2 Å². The van der Waals surface area contributed by atoms with Crippen LogP contribution in [0.2, 0.25) is 0 Å². The molecule has 90 valence electrons. The Morgan fingerprint density at radius 3 is 2.67 bits per heavy atom. The van der Waals surface area contributed by atoms with Crippen LogP contribution in [-0.2, 0) is 11.2 Å². The molecule has 1 aliphatic rings. The highest BCUT2D eigenvalue weighted by molar-refractivity contribution is 5.93. The van der Waals surface area contributed by atoms with E-state index in [0.29, 0.717) is 5.78 Å². The third-order valence-corrected chi connectivity index (χ3v) is 3.83. The zero-order valence-electron chi connectivity index (χ0n) is 10.3. The number of carbonyl (C=O) groups excluding carboxylic acids is 1. The molecule has 1 aromatic heterocycles. The Balaban J connectivity index is 1.82. The second-order valence-electron chi connectivity index (χ2n) is 4.86. The Labute approximate surface area is 107 Å². The quantitative estimate of drug-likeness (QED) is 0.821. The van der Waals surface area contributed by atoms with Crippen molar-refractivity contribution in [1.82, 2.24) is 4.98 Å². The van der Waals surface area contributed by atoms with Crippen LogP contribution in [0.15, 0.2) is 48.8 Å². The highest BCUT2D eigenvalue weighted by Crippen LogP contribution is 2.38. The van der Waals surface area contributed by atoms with Gasteiger partial charge in [-0.2, -0.15) is 0 Å². The standard InChI is InChI=1S/C16H15NO/c1-11(12-6-8-17-9-7-12)16(18)15-10-13-4-2-3-5-14(13)15/h2-9,11,15H,10H2,1H3. The number of fused-ring (bicyclic) bond motifs is 1. The molecule has 1 aliphatic carbocycles. The Bertz CT molecular complexity index is 573. The minimum absolute atomic E-state index is 0.0497. The van der Waals surface area contributed by atoms with Crippen molar-refractivity contribution in [3.63, 3.8) is 0 Å². The molecule has 18 heavy (non-hydrogen) atoms. The lowest BCUT2D eigenvalue weighted by Crippen LogP contribution is -2.28. The van der Waals surface area contributed by atoms with Gasteiger partial charge in [0.05, 0.1) is 0 Å². The number of carbonyl (C=O) groups is 1. The summed E-state index contributed by atoms with van der Waals surface area (Å²) >= 11 is 0. The highest BCUT2D eigenvalue weighted by atomic mass is 16.1. The van der Waals surface area contributed by atoms with Crippen LogP contribution in [0.5, 0.6) is 0 Å². The molecule has 0 saturated carbocycles. The molecule has 0 bridgehead atoms. The van der Waals surface area contributed by atoms with Crippen molar-refractivity contribution in [3.8, 4) is 0 Å². The van der Waals surface area contributed by atoms with Crippen molar-refractivity contribution in [2.24, 2.45) is 0 Å². The van der Waals surface area contributed by atoms with E-state index >= 15 is 0 Å². The number of nitrogens with zero attached hydrogens (tertiary/aromatic N) is 1. The second kappa shape index (κ2) is 4.37. The lowest BCUT2D eigenvalue weighted by Gasteiger charge is -2.30. The zero-order chi connectivity index (χ0) is 12.5. The van der Waals surface area contributed by atoms with E-state index in [1.807, 2.05) is 31.2 Å². The van der Waals surface area contributed by atoms with E-state index in [9.17, 15) is 4.79 Å². The minimum Gasteiger partial charge on any atom is -0.298 e. The number of rotatable bonds is 3. The molecule has 0 fully saturated rings. The first-order valence-electron chi connectivity index (χ1n) is 6.29. The van der Waals surface area contributed by atoms with Crippen LogP contribution in [0.25, 0.3) is 0 Å². The number of pyridine rings is 1. The molecule has 0 saturated heterocycles. The zero-order valence-corrected chi connectivity index (χ0v) is 10.3. The molecular weight excluding hydrogens is 222 g/mol. The molecule has 0 N–H and O–H groups in total. The number of hydrogen-bond acceptors (Lipinski definition) is 2. The molecule has 2 heteroatoms. The van der Waals surface area contributed by atoms with Gasteiger partial charge in [-0.15, -0.1) is 0 Å². The maximum absolute atomic E-state index is 12.5.